The van der Waals surface area contributed by atoms with Gasteiger partial charge in [0.05, 0.1) is 11.3 Å². The van der Waals surface area contributed by atoms with Crippen molar-refractivity contribution in [2.75, 3.05) is 5.73 Å². The fraction of sp³-hybridized carbons (Fsp3) is 0.286. The van der Waals surface area contributed by atoms with E-state index < -0.39 is 11.6 Å². The van der Waals surface area contributed by atoms with Gasteiger partial charge >= 0.3 is 0 Å². The van der Waals surface area contributed by atoms with Crippen LogP contribution in [0.3, 0.4) is 0 Å². The molecule has 0 radical (unpaired) electrons. The van der Waals surface area contributed by atoms with Gasteiger partial charge in [0.15, 0.2) is 0 Å². The highest BCUT2D eigenvalue weighted by atomic mass is 19.1. The van der Waals surface area contributed by atoms with Crippen molar-refractivity contribution in [3.05, 3.63) is 41.7 Å². The summed E-state index contributed by atoms with van der Waals surface area (Å²) < 4.78 is 27.5. The van der Waals surface area contributed by atoms with E-state index in [1.807, 2.05) is 20.8 Å². The Labute approximate surface area is 110 Å². The van der Waals surface area contributed by atoms with Crippen LogP contribution in [-0.2, 0) is 5.41 Å². The number of halogens is 2. The van der Waals surface area contributed by atoms with E-state index in [1.54, 1.807) is 0 Å². The first kappa shape index (κ1) is 13.4. The van der Waals surface area contributed by atoms with E-state index >= 15 is 0 Å². The maximum atomic E-state index is 13.8. The van der Waals surface area contributed by atoms with E-state index in [0.29, 0.717) is 5.82 Å². The van der Waals surface area contributed by atoms with Gasteiger partial charge in [0.1, 0.15) is 23.3 Å². The van der Waals surface area contributed by atoms with Gasteiger partial charge in [0.2, 0.25) is 0 Å². The van der Waals surface area contributed by atoms with Crippen LogP contribution in [0, 0.1) is 11.6 Å². The molecule has 0 saturated heterocycles. The lowest BCUT2D eigenvalue weighted by molar-refractivity contribution is 0.545. The molecule has 100 valence electrons. The number of aromatic nitrogens is 2. The first-order chi connectivity index (χ1) is 8.79. The summed E-state index contributed by atoms with van der Waals surface area (Å²) in [6.07, 6.45) is 0. The van der Waals surface area contributed by atoms with E-state index in [9.17, 15) is 8.78 Å². The van der Waals surface area contributed by atoms with E-state index in [1.165, 1.54) is 24.3 Å². The van der Waals surface area contributed by atoms with Crippen molar-refractivity contribution in [1.82, 2.24) is 9.97 Å². The average molecular weight is 263 g/mol. The van der Waals surface area contributed by atoms with Gasteiger partial charge in [-0.15, -0.1) is 0 Å². The van der Waals surface area contributed by atoms with Gasteiger partial charge in [-0.1, -0.05) is 26.8 Å². The summed E-state index contributed by atoms with van der Waals surface area (Å²) in [7, 11) is 0. The monoisotopic (exact) mass is 263 g/mol. The zero-order valence-electron chi connectivity index (χ0n) is 11.0. The van der Waals surface area contributed by atoms with Crippen molar-refractivity contribution in [2.24, 2.45) is 0 Å². The number of anilines is 1. The molecular formula is C14H15F2N3. The Morgan fingerprint density at radius 1 is 1.05 bits per heavy atom. The summed E-state index contributed by atoms with van der Waals surface area (Å²) in [5.41, 5.74) is 5.32. The zero-order valence-corrected chi connectivity index (χ0v) is 11.0. The third kappa shape index (κ3) is 2.70. The Bertz CT molecular complexity index is 598. The van der Waals surface area contributed by atoms with Crippen LogP contribution >= 0.6 is 0 Å². The van der Waals surface area contributed by atoms with Crippen LogP contribution in [0.5, 0.6) is 0 Å². The summed E-state index contributed by atoms with van der Waals surface area (Å²) in [5, 5.41) is 0. The molecular weight excluding hydrogens is 248 g/mol. The number of rotatable bonds is 1. The lowest BCUT2D eigenvalue weighted by atomic mass is 9.95. The first-order valence-corrected chi connectivity index (χ1v) is 5.88. The van der Waals surface area contributed by atoms with E-state index in [0.717, 1.165) is 0 Å². The third-order valence-electron chi connectivity index (χ3n) is 2.64. The summed E-state index contributed by atoms with van der Waals surface area (Å²) in [5.74, 6) is -0.696. The Morgan fingerprint density at radius 3 is 2.16 bits per heavy atom. The van der Waals surface area contributed by atoms with Crippen LogP contribution in [0.4, 0.5) is 14.6 Å². The predicted octanol–water partition coefficient (Wildman–Crippen LogP) is 3.30. The first-order valence-electron chi connectivity index (χ1n) is 5.88. The van der Waals surface area contributed by atoms with Crippen LogP contribution in [0.15, 0.2) is 24.3 Å². The summed E-state index contributed by atoms with van der Waals surface area (Å²) in [4.78, 5) is 8.34. The molecule has 19 heavy (non-hydrogen) atoms. The van der Waals surface area contributed by atoms with Crippen LogP contribution in [0.1, 0.15) is 26.6 Å². The van der Waals surface area contributed by atoms with E-state index in [2.05, 4.69) is 9.97 Å². The second-order valence-corrected chi connectivity index (χ2v) is 5.35. The van der Waals surface area contributed by atoms with Gasteiger partial charge in [0, 0.05) is 11.5 Å². The Kier molecular flexibility index (Phi) is 3.22. The number of nitrogens with zero attached hydrogens (tertiary/aromatic N) is 2. The largest absolute Gasteiger partial charge is 0.384 e. The molecule has 0 aliphatic carbocycles. The number of benzene rings is 1. The predicted molar refractivity (Wildman–Crippen MR) is 70.5 cm³/mol. The molecule has 0 atom stereocenters. The summed E-state index contributed by atoms with van der Waals surface area (Å²) in [6, 6.07) is 5.06. The Balaban J connectivity index is 2.67. The molecule has 0 saturated carbocycles. The Morgan fingerprint density at radius 2 is 1.63 bits per heavy atom. The van der Waals surface area contributed by atoms with E-state index in [4.69, 9.17) is 5.73 Å². The third-order valence-corrected chi connectivity index (χ3v) is 2.64. The fourth-order valence-electron chi connectivity index (χ4n) is 1.67. The van der Waals surface area contributed by atoms with Crippen LogP contribution in [-0.4, -0.2) is 9.97 Å². The fourth-order valence-corrected chi connectivity index (χ4v) is 1.67. The normalized spacial score (nSPS) is 11.6. The number of hydrogen-bond acceptors (Lipinski definition) is 3. The quantitative estimate of drug-likeness (QED) is 0.858. The molecule has 0 fully saturated rings. The van der Waals surface area contributed by atoms with Gasteiger partial charge in [-0.3, -0.25) is 0 Å². The smallest absolute Gasteiger partial charge is 0.136 e. The average Bonchev–Trinajstić information content (AvgIpc) is 2.26. The van der Waals surface area contributed by atoms with Crippen molar-refractivity contribution in [3.63, 3.8) is 0 Å². The lowest BCUT2D eigenvalue weighted by Crippen LogP contribution is -2.17. The second-order valence-electron chi connectivity index (χ2n) is 5.35. The molecule has 1 aromatic heterocycles. The van der Waals surface area contributed by atoms with Gasteiger partial charge in [0.25, 0.3) is 0 Å². The molecule has 2 aromatic rings. The molecule has 1 aromatic carbocycles. The highest BCUT2D eigenvalue weighted by Gasteiger charge is 2.21. The van der Waals surface area contributed by atoms with Gasteiger partial charge < -0.3 is 5.73 Å². The van der Waals surface area contributed by atoms with E-state index in [-0.39, 0.29) is 22.5 Å². The van der Waals surface area contributed by atoms with Gasteiger partial charge in [-0.05, 0) is 12.1 Å². The molecule has 3 nitrogen and oxygen atoms in total. The molecule has 0 aliphatic heterocycles. The van der Waals surface area contributed by atoms with Crippen LogP contribution in [0.2, 0.25) is 0 Å². The molecule has 0 spiro atoms. The number of nitrogen functional groups attached to an aromatic ring is 1. The molecule has 0 aliphatic rings. The molecule has 2 N–H and O–H groups in total. The van der Waals surface area contributed by atoms with Crippen molar-refractivity contribution >= 4 is 5.82 Å². The van der Waals surface area contributed by atoms with Crippen molar-refractivity contribution < 1.29 is 8.78 Å². The summed E-state index contributed by atoms with van der Waals surface area (Å²) >= 11 is 0. The number of hydrogen-bond donors (Lipinski definition) is 1. The molecule has 5 heteroatoms. The highest BCUT2D eigenvalue weighted by molar-refractivity contribution is 5.63. The van der Waals surface area contributed by atoms with Gasteiger partial charge in [-0.2, -0.15) is 0 Å². The minimum atomic E-state index is -0.669. The molecule has 0 unspecified atom stereocenters. The van der Waals surface area contributed by atoms with Crippen LogP contribution < -0.4 is 5.73 Å². The SMILES string of the molecule is CC(C)(C)c1nc(N)cc(-c2c(F)cccc2F)n1. The minimum absolute atomic E-state index is 0.160. The van der Waals surface area contributed by atoms with Crippen molar-refractivity contribution in [2.45, 2.75) is 26.2 Å². The molecule has 0 bridgehead atoms. The van der Waals surface area contributed by atoms with Crippen LogP contribution in [0.25, 0.3) is 11.3 Å². The summed E-state index contributed by atoms with van der Waals surface area (Å²) in [6.45, 7) is 5.72. The van der Waals surface area contributed by atoms with Gasteiger partial charge in [-0.25, -0.2) is 18.7 Å². The molecule has 1 heterocycles. The molecule has 0 amide bonds. The standard InChI is InChI=1S/C14H15F2N3/c1-14(2,3)13-18-10(7-11(17)19-13)12-8(15)5-4-6-9(12)16/h4-7H,1-3H3,(H2,17,18,19). The maximum absolute atomic E-state index is 13.8. The maximum Gasteiger partial charge on any atom is 0.136 e. The highest BCUT2D eigenvalue weighted by Crippen LogP contribution is 2.28. The minimum Gasteiger partial charge on any atom is -0.384 e. The Hall–Kier alpha value is -2.04. The number of nitrogens with two attached hydrogens (primary N) is 1. The topological polar surface area (TPSA) is 51.8 Å². The lowest BCUT2D eigenvalue weighted by Gasteiger charge is -2.18. The van der Waals surface area contributed by atoms with Crippen molar-refractivity contribution in [3.8, 4) is 11.3 Å². The zero-order chi connectivity index (χ0) is 14.2. The van der Waals surface area contributed by atoms with Crippen molar-refractivity contribution in [1.29, 1.82) is 0 Å². The molecule has 2 rings (SSSR count). The second kappa shape index (κ2) is 4.57.